The fraction of sp³-hybridized carbons (Fsp3) is 0.455. The van der Waals surface area contributed by atoms with Crippen LogP contribution in [0, 0.1) is 11.3 Å². The number of hydrogen-bond acceptors (Lipinski definition) is 4. The number of nitrogens with one attached hydrogen (secondary N) is 1. The smallest absolute Gasteiger partial charge is 0.261 e. The molecule has 1 aromatic heterocycles. The lowest BCUT2D eigenvalue weighted by atomic mass is 10.2. The van der Waals surface area contributed by atoms with Crippen molar-refractivity contribution < 1.29 is 13.5 Å². The molecule has 0 aliphatic carbocycles. The van der Waals surface area contributed by atoms with Crippen molar-refractivity contribution in [3.8, 4) is 6.07 Å². The number of hydrogen-bond donors (Lipinski definition) is 1. The Balaban J connectivity index is 2.16. The molecular weight excluding hydrogens is 228 g/mol. The Morgan fingerprint density at radius 3 is 3.06 bits per heavy atom. The van der Waals surface area contributed by atoms with E-state index in [4.69, 9.17) is 10.00 Å². The Bertz CT molecular complexity index is 379. The SMILES string of the molecule is N#Cc1cc(CNCCOCC(F)F)ccn1. The number of halogens is 2. The minimum absolute atomic E-state index is 0.237. The van der Waals surface area contributed by atoms with Crippen LogP contribution in [0.3, 0.4) is 0 Å². The zero-order chi connectivity index (χ0) is 12.5. The van der Waals surface area contributed by atoms with E-state index in [0.29, 0.717) is 18.8 Å². The second kappa shape index (κ2) is 7.65. The van der Waals surface area contributed by atoms with Crippen molar-refractivity contribution >= 4 is 0 Å². The first-order valence-electron chi connectivity index (χ1n) is 5.14. The van der Waals surface area contributed by atoms with Gasteiger partial charge >= 0.3 is 0 Å². The molecule has 4 nitrogen and oxygen atoms in total. The summed E-state index contributed by atoms with van der Waals surface area (Å²) < 4.78 is 28.1. The highest BCUT2D eigenvalue weighted by Gasteiger charge is 2.01. The summed E-state index contributed by atoms with van der Waals surface area (Å²) in [7, 11) is 0. The molecule has 0 saturated heterocycles. The van der Waals surface area contributed by atoms with Gasteiger partial charge in [0.25, 0.3) is 6.43 Å². The lowest BCUT2D eigenvalue weighted by Gasteiger charge is -2.05. The summed E-state index contributed by atoms with van der Waals surface area (Å²) in [5.74, 6) is 0. The summed E-state index contributed by atoms with van der Waals surface area (Å²) in [6.07, 6.45) is -0.864. The summed E-state index contributed by atoms with van der Waals surface area (Å²) in [4.78, 5) is 3.84. The van der Waals surface area contributed by atoms with Crippen molar-refractivity contribution in [3.63, 3.8) is 0 Å². The molecule has 0 radical (unpaired) electrons. The van der Waals surface area contributed by atoms with Gasteiger partial charge in [0.15, 0.2) is 0 Å². The minimum atomic E-state index is -2.42. The third kappa shape index (κ3) is 5.90. The Hall–Kier alpha value is -1.58. The Kier molecular flexibility index (Phi) is 6.07. The lowest BCUT2D eigenvalue weighted by Crippen LogP contribution is -2.20. The molecule has 1 N–H and O–H groups in total. The van der Waals surface area contributed by atoms with E-state index >= 15 is 0 Å². The van der Waals surface area contributed by atoms with Gasteiger partial charge in [-0.25, -0.2) is 13.8 Å². The zero-order valence-corrected chi connectivity index (χ0v) is 9.20. The maximum atomic E-state index is 11.7. The lowest BCUT2D eigenvalue weighted by molar-refractivity contribution is 0.0187. The third-order valence-electron chi connectivity index (χ3n) is 1.94. The van der Waals surface area contributed by atoms with Crippen LogP contribution >= 0.6 is 0 Å². The zero-order valence-electron chi connectivity index (χ0n) is 9.20. The molecule has 0 spiro atoms. The fourth-order valence-electron chi connectivity index (χ4n) is 1.19. The van der Waals surface area contributed by atoms with E-state index in [-0.39, 0.29) is 6.61 Å². The van der Waals surface area contributed by atoms with Crippen LogP contribution in [0.2, 0.25) is 0 Å². The standard InChI is InChI=1S/C11H13F2N3O/c12-11(13)8-17-4-3-15-7-9-1-2-16-10(5-9)6-14/h1-2,5,11,15H,3-4,7-8H2. The number of nitrogens with zero attached hydrogens (tertiary/aromatic N) is 2. The average molecular weight is 241 g/mol. The second-order valence-electron chi connectivity index (χ2n) is 3.30. The number of nitriles is 1. The number of ether oxygens (including phenoxy) is 1. The van der Waals surface area contributed by atoms with E-state index in [0.717, 1.165) is 5.56 Å². The van der Waals surface area contributed by atoms with Crippen molar-refractivity contribution in [1.82, 2.24) is 10.3 Å². The van der Waals surface area contributed by atoms with E-state index < -0.39 is 13.0 Å². The summed E-state index contributed by atoms with van der Waals surface area (Å²) in [5.41, 5.74) is 1.28. The van der Waals surface area contributed by atoms with Crippen LogP contribution in [0.1, 0.15) is 11.3 Å². The Morgan fingerprint density at radius 2 is 2.35 bits per heavy atom. The van der Waals surface area contributed by atoms with Crippen molar-refractivity contribution in [2.45, 2.75) is 13.0 Å². The molecule has 1 rings (SSSR count). The van der Waals surface area contributed by atoms with Gasteiger partial charge in [-0.3, -0.25) is 0 Å². The van der Waals surface area contributed by atoms with Gasteiger partial charge in [-0.2, -0.15) is 5.26 Å². The van der Waals surface area contributed by atoms with Gasteiger partial charge in [0.1, 0.15) is 18.4 Å². The molecule has 1 heterocycles. The molecule has 6 heteroatoms. The summed E-state index contributed by atoms with van der Waals surface area (Å²) in [6, 6.07) is 5.40. The molecule has 1 aromatic rings. The number of rotatable bonds is 7. The third-order valence-corrected chi connectivity index (χ3v) is 1.94. The molecule has 0 aliphatic rings. The minimum Gasteiger partial charge on any atom is -0.374 e. The highest BCUT2D eigenvalue weighted by molar-refractivity contribution is 5.25. The topological polar surface area (TPSA) is 57.9 Å². The van der Waals surface area contributed by atoms with E-state index in [9.17, 15) is 8.78 Å². The van der Waals surface area contributed by atoms with Gasteiger partial charge in [-0.1, -0.05) is 0 Å². The van der Waals surface area contributed by atoms with Gasteiger partial charge in [0, 0.05) is 19.3 Å². The molecule has 0 atom stereocenters. The van der Waals surface area contributed by atoms with Crippen molar-refractivity contribution in [1.29, 1.82) is 5.26 Å². The van der Waals surface area contributed by atoms with Crippen LogP contribution in [0.15, 0.2) is 18.3 Å². The van der Waals surface area contributed by atoms with Crippen LogP contribution in [-0.2, 0) is 11.3 Å². The predicted octanol–water partition coefficient (Wildman–Crippen LogP) is 1.32. The molecule has 0 saturated carbocycles. The van der Waals surface area contributed by atoms with Gasteiger partial charge in [0.2, 0.25) is 0 Å². The summed E-state index contributed by atoms with van der Waals surface area (Å²) in [5, 5.41) is 11.7. The summed E-state index contributed by atoms with van der Waals surface area (Å²) in [6.45, 7) is 0.738. The molecule has 0 aliphatic heterocycles. The molecule has 17 heavy (non-hydrogen) atoms. The monoisotopic (exact) mass is 241 g/mol. The van der Waals surface area contributed by atoms with Gasteiger partial charge in [0.05, 0.1) is 6.61 Å². The number of alkyl halides is 2. The molecule has 0 bridgehead atoms. The fourth-order valence-corrected chi connectivity index (χ4v) is 1.19. The number of pyridine rings is 1. The Labute approximate surface area is 98.2 Å². The molecule has 92 valence electrons. The highest BCUT2D eigenvalue weighted by Crippen LogP contribution is 2.00. The molecule has 0 fully saturated rings. The highest BCUT2D eigenvalue weighted by atomic mass is 19.3. The quantitative estimate of drug-likeness (QED) is 0.731. The normalized spacial score (nSPS) is 10.5. The van der Waals surface area contributed by atoms with Crippen molar-refractivity contribution in [2.75, 3.05) is 19.8 Å². The van der Waals surface area contributed by atoms with Crippen LogP contribution < -0.4 is 5.32 Å². The first kappa shape index (κ1) is 13.5. The average Bonchev–Trinajstić information content (AvgIpc) is 2.33. The van der Waals surface area contributed by atoms with Crippen molar-refractivity contribution in [2.24, 2.45) is 0 Å². The first-order chi connectivity index (χ1) is 8.22. The largest absolute Gasteiger partial charge is 0.374 e. The van der Waals surface area contributed by atoms with E-state index in [1.807, 2.05) is 6.07 Å². The molecule has 0 aromatic carbocycles. The first-order valence-corrected chi connectivity index (χ1v) is 5.14. The van der Waals surface area contributed by atoms with Crippen LogP contribution in [0.5, 0.6) is 0 Å². The Morgan fingerprint density at radius 1 is 1.53 bits per heavy atom. The summed E-state index contributed by atoms with van der Waals surface area (Å²) >= 11 is 0. The molecular formula is C11H13F2N3O. The number of aromatic nitrogens is 1. The van der Waals surface area contributed by atoms with Crippen LogP contribution in [0.4, 0.5) is 8.78 Å². The van der Waals surface area contributed by atoms with Crippen LogP contribution in [0.25, 0.3) is 0 Å². The molecule has 0 amide bonds. The van der Waals surface area contributed by atoms with Crippen molar-refractivity contribution in [3.05, 3.63) is 29.6 Å². The molecule has 0 unspecified atom stereocenters. The van der Waals surface area contributed by atoms with Gasteiger partial charge < -0.3 is 10.1 Å². The predicted molar refractivity (Wildman–Crippen MR) is 57.5 cm³/mol. The van der Waals surface area contributed by atoms with E-state index in [1.165, 1.54) is 0 Å². The van der Waals surface area contributed by atoms with E-state index in [2.05, 4.69) is 10.3 Å². The van der Waals surface area contributed by atoms with Gasteiger partial charge in [-0.15, -0.1) is 0 Å². The second-order valence-corrected chi connectivity index (χ2v) is 3.30. The van der Waals surface area contributed by atoms with Gasteiger partial charge in [-0.05, 0) is 17.7 Å². The van der Waals surface area contributed by atoms with E-state index in [1.54, 1.807) is 18.3 Å². The maximum Gasteiger partial charge on any atom is 0.261 e. The van der Waals surface area contributed by atoms with Crippen LogP contribution in [-0.4, -0.2) is 31.2 Å². The maximum absolute atomic E-state index is 11.7.